The summed E-state index contributed by atoms with van der Waals surface area (Å²) in [6.45, 7) is 1.39. The summed E-state index contributed by atoms with van der Waals surface area (Å²) in [5.74, 6) is -19.9. The summed E-state index contributed by atoms with van der Waals surface area (Å²) in [6, 6.07) is 0. The molecule has 0 spiro atoms. The number of aliphatic carboxylic acids is 2. The molecule has 0 fully saturated rings. The first-order valence-electron chi connectivity index (χ1n) is 4.78. The Morgan fingerprint density at radius 1 is 0.909 bits per heavy atom. The van der Waals surface area contributed by atoms with Crippen LogP contribution in [-0.4, -0.2) is 46.3 Å². The quantitative estimate of drug-likeness (QED) is 0.397. The first-order valence-corrected chi connectivity index (χ1v) is 4.78. The largest absolute Gasteiger partial charge is 1.00 e. The Kier molecular flexibility index (Phi) is 11.4. The number of hydrogen-bond acceptors (Lipinski definition) is 2. The molecule has 2 N–H and O–H groups in total. The second-order valence-corrected chi connectivity index (χ2v) is 3.49. The Hall–Kier alpha value is -0.620. The summed E-state index contributed by atoms with van der Waals surface area (Å²) in [7, 11) is 0. The molecule has 0 radical (unpaired) electrons. The van der Waals surface area contributed by atoms with Gasteiger partial charge in [0.25, 0.3) is 0 Å². The average molecular weight is 356 g/mol. The molecule has 0 saturated heterocycles. The summed E-state index contributed by atoms with van der Waals surface area (Å²) in [5.41, 5.74) is 0. The molecule has 4 nitrogen and oxygen atoms in total. The zero-order valence-electron chi connectivity index (χ0n) is 10.9. The molecule has 0 unspecified atom stereocenters. The van der Waals surface area contributed by atoms with Crippen molar-refractivity contribution in [3.05, 3.63) is 6.92 Å². The topological polar surface area (TPSA) is 74.6 Å². The van der Waals surface area contributed by atoms with Crippen molar-refractivity contribution in [3.8, 4) is 0 Å². The van der Waals surface area contributed by atoms with Gasteiger partial charge in [0.15, 0.2) is 5.92 Å². The monoisotopic (exact) mass is 356 g/mol. The zero-order valence-corrected chi connectivity index (χ0v) is 12.9. The third-order valence-electron chi connectivity index (χ3n) is 1.70. The van der Waals surface area contributed by atoms with Crippen molar-refractivity contribution in [2.75, 3.05) is 0 Å². The molecule has 0 aromatic carbocycles. The molecule has 0 amide bonds. The van der Waals surface area contributed by atoms with Gasteiger partial charge in [0.2, 0.25) is 0 Å². The van der Waals surface area contributed by atoms with Crippen LogP contribution in [0, 0.1) is 6.92 Å². The van der Waals surface area contributed by atoms with Gasteiger partial charge in [-0.15, -0.1) is 0 Å². The van der Waals surface area contributed by atoms with Gasteiger partial charge in [-0.25, -0.2) is 17.6 Å². The molecular formula is C9H9F8NaO4. The Balaban J connectivity index is -0.000000348. The first kappa shape index (κ1) is 26.3. The maximum absolute atomic E-state index is 11.9. The maximum Gasteiger partial charge on any atom is 1.00 e. The Labute approximate surface area is 140 Å². The number of halogens is 8. The van der Waals surface area contributed by atoms with Crippen molar-refractivity contribution in [2.45, 2.75) is 37.0 Å². The molecule has 126 valence electrons. The van der Waals surface area contributed by atoms with Crippen LogP contribution >= 0.6 is 0 Å². The van der Waals surface area contributed by atoms with E-state index in [4.69, 9.17) is 10.2 Å². The van der Waals surface area contributed by atoms with Crippen LogP contribution in [0.25, 0.3) is 0 Å². The summed E-state index contributed by atoms with van der Waals surface area (Å²) in [5, 5.41) is 15.8. The number of rotatable bonds is 6. The molecule has 0 rings (SSSR count). The predicted molar refractivity (Wildman–Crippen MR) is 50.7 cm³/mol. The fraction of sp³-hybridized carbons (Fsp3) is 0.667. The van der Waals surface area contributed by atoms with Crippen molar-refractivity contribution in [1.29, 1.82) is 0 Å². The molecule has 0 heterocycles. The second-order valence-electron chi connectivity index (χ2n) is 3.49. The fourth-order valence-electron chi connectivity index (χ4n) is 0.595. The summed E-state index contributed by atoms with van der Waals surface area (Å²) in [4.78, 5) is 19.3. The normalized spacial score (nSPS) is 12.1. The van der Waals surface area contributed by atoms with Crippen LogP contribution in [-0.2, 0) is 9.59 Å². The number of carboxylic acids is 2. The molecule has 13 heteroatoms. The van der Waals surface area contributed by atoms with Gasteiger partial charge in [-0.05, 0) is 0 Å². The number of carboxylic acid groups (broad SMARTS) is 2. The molecule has 0 aliphatic heterocycles. The van der Waals surface area contributed by atoms with E-state index < -0.39 is 36.1 Å². The molecule has 0 aromatic heterocycles. The number of hydrogen-bond donors (Lipinski definition) is 2. The number of alkyl halides is 8. The van der Waals surface area contributed by atoms with Crippen LogP contribution in [0.5, 0.6) is 0 Å². The van der Waals surface area contributed by atoms with Crippen LogP contribution in [0.2, 0.25) is 0 Å². The van der Waals surface area contributed by atoms with Crippen LogP contribution in [0.4, 0.5) is 35.1 Å². The zero-order chi connectivity index (χ0) is 17.6. The Morgan fingerprint density at radius 3 is 1.27 bits per heavy atom. The van der Waals surface area contributed by atoms with Gasteiger partial charge in [-0.3, -0.25) is 16.5 Å². The van der Waals surface area contributed by atoms with Crippen LogP contribution in [0.1, 0.15) is 12.8 Å². The summed E-state index contributed by atoms with van der Waals surface area (Å²) in [6.07, 6.45) is -5.47. The minimum atomic E-state index is -6.17. The SMILES string of the molecule is O=C(O)CCC(=O)O.[CH2-]C(F)(F)C(F)(F)C(F)(F)C(F)F.[Na+]. The van der Waals surface area contributed by atoms with Crippen LogP contribution < -0.4 is 29.6 Å². The van der Waals surface area contributed by atoms with E-state index in [1.807, 2.05) is 0 Å². The van der Waals surface area contributed by atoms with Crippen molar-refractivity contribution in [2.24, 2.45) is 0 Å². The second kappa shape index (κ2) is 9.50. The number of carbonyl (C=O) groups is 2. The molecule has 0 atom stereocenters. The van der Waals surface area contributed by atoms with Gasteiger partial charge in [-0.1, -0.05) is 0 Å². The van der Waals surface area contributed by atoms with E-state index in [-0.39, 0.29) is 42.4 Å². The van der Waals surface area contributed by atoms with Gasteiger partial charge in [0.1, 0.15) is 0 Å². The third kappa shape index (κ3) is 8.13. The standard InChI is InChI=1S/C5H3F8.C4H6O4.Na/c1-3(8,9)5(12,13)4(10,11)2(6)7;5-3(6)1-2-4(7)8;/h2H,1H2;1-2H2,(H,5,6)(H,7,8);/q-1;;+1. The fourth-order valence-corrected chi connectivity index (χ4v) is 0.595. The van der Waals surface area contributed by atoms with E-state index in [1.54, 1.807) is 0 Å². The van der Waals surface area contributed by atoms with E-state index in [9.17, 15) is 44.7 Å². The molecule has 0 aromatic rings. The van der Waals surface area contributed by atoms with E-state index in [0.29, 0.717) is 0 Å². The molecule has 0 bridgehead atoms. The van der Waals surface area contributed by atoms with E-state index in [2.05, 4.69) is 0 Å². The first-order chi connectivity index (χ1) is 9.07. The Morgan fingerprint density at radius 2 is 1.18 bits per heavy atom. The van der Waals surface area contributed by atoms with E-state index in [1.165, 1.54) is 6.92 Å². The summed E-state index contributed by atoms with van der Waals surface area (Å²) >= 11 is 0. The van der Waals surface area contributed by atoms with Crippen molar-refractivity contribution >= 4 is 11.9 Å². The molecule has 0 saturated carbocycles. The van der Waals surface area contributed by atoms with Crippen LogP contribution in [0.15, 0.2) is 0 Å². The van der Waals surface area contributed by atoms with Crippen molar-refractivity contribution < 1.29 is 84.5 Å². The third-order valence-corrected chi connectivity index (χ3v) is 1.70. The molecular weight excluding hydrogens is 347 g/mol. The van der Waals surface area contributed by atoms with Gasteiger partial charge >= 0.3 is 59.8 Å². The molecule has 22 heavy (non-hydrogen) atoms. The van der Waals surface area contributed by atoms with Crippen molar-refractivity contribution in [1.82, 2.24) is 0 Å². The van der Waals surface area contributed by atoms with Gasteiger partial charge in [0.05, 0.1) is 12.8 Å². The van der Waals surface area contributed by atoms with Gasteiger partial charge in [0, 0.05) is 0 Å². The predicted octanol–water partition coefficient (Wildman–Crippen LogP) is -0.0687. The maximum atomic E-state index is 11.9. The average Bonchev–Trinajstić information content (AvgIpc) is 2.25. The smallest absolute Gasteiger partial charge is 0.481 e. The van der Waals surface area contributed by atoms with Crippen LogP contribution in [0.3, 0.4) is 0 Å². The Bertz CT molecular complexity index is 355. The molecule has 0 aliphatic rings. The molecule has 0 aliphatic carbocycles. The van der Waals surface area contributed by atoms with E-state index in [0.717, 1.165) is 0 Å². The summed E-state index contributed by atoms with van der Waals surface area (Å²) < 4.78 is 93.3. The minimum absolute atomic E-state index is 0. The van der Waals surface area contributed by atoms with Gasteiger partial charge < -0.3 is 10.2 Å². The minimum Gasteiger partial charge on any atom is -0.481 e. The van der Waals surface area contributed by atoms with Gasteiger partial charge in [-0.2, -0.15) is 17.6 Å². The van der Waals surface area contributed by atoms with Crippen molar-refractivity contribution in [3.63, 3.8) is 0 Å². The van der Waals surface area contributed by atoms with E-state index >= 15 is 0 Å².